The van der Waals surface area contributed by atoms with E-state index in [1.54, 1.807) is 0 Å². The summed E-state index contributed by atoms with van der Waals surface area (Å²) in [5.41, 5.74) is 4.14. The largest absolute Gasteiger partial charge is 2.00 e. The van der Waals surface area contributed by atoms with Gasteiger partial charge >= 0.3 is 277 Å². The van der Waals surface area contributed by atoms with Crippen LogP contribution in [-0.4, -0.2) is 376 Å². The summed E-state index contributed by atoms with van der Waals surface area (Å²) in [6.45, 7) is 106. The summed E-state index contributed by atoms with van der Waals surface area (Å²) >= 11 is 0. The average Bonchev–Trinajstić information content (AvgIpc) is 0.787. The van der Waals surface area contributed by atoms with Crippen molar-refractivity contribution in [1.82, 2.24) is 0 Å². The Hall–Kier alpha value is 10.3. The van der Waals surface area contributed by atoms with E-state index in [0.29, 0.717) is 0 Å². The Bertz CT molecular complexity index is 3420. The molecular weight excluding hydrogens is 2880 g/mol. The van der Waals surface area contributed by atoms with E-state index in [2.05, 4.69) is 526 Å². The summed E-state index contributed by atoms with van der Waals surface area (Å²) < 4.78 is 0. The van der Waals surface area contributed by atoms with E-state index in [1.807, 2.05) is 0 Å². The third kappa shape index (κ3) is 101. The topological polar surface area (TPSA) is 0 Å². The molecule has 0 aliphatic rings. The summed E-state index contributed by atoms with van der Waals surface area (Å²) in [5, 5.41) is 13.3. The zero-order valence-corrected chi connectivity index (χ0v) is 141. The van der Waals surface area contributed by atoms with E-state index in [0.717, 1.165) is 48.4 Å². The summed E-state index contributed by atoms with van der Waals surface area (Å²) in [6.07, 6.45) is 0. The molecule has 0 atom stereocenters. The first-order valence-corrected chi connectivity index (χ1v) is 80.9. The molecule has 0 saturated carbocycles. The molecule has 0 fully saturated rings. The molecule has 143 heavy (non-hydrogen) atoms. The number of rotatable bonds is 26. The molecule has 0 spiro atoms. The zero-order valence-electron chi connectivity index (χ0n) is 93.4. The van der Waals surface area contributed by atoms with Gasteiger partial charge in [0.15, 0.2) is 0 Å². The van der Waals surface area contributed by atoms with E-state index in [1.165, 1.54) is 89.0 Å². The quantitative estimate of drug-likeness (QED) is 0.0288. The molecule has 36 heteroatoms. The van der Waals surface area contributed by atoms with E-state index in [4.69, 9.17) is 0 Å². The van der Waals surface area contributed by atoms with E-state index < -0.39 is 72.7 Å². The van der Waals surface area contributed by atoms with Crippen molar-refractivity contribution in [2.75, 3.05) is 0 Å². The van der Waals surface area contributed by atoms with Gasteiger partial charge < -0.3 is 297 Å². The first-order chi connectivity index (χ1) is 56.1. The molecule has 0 bridgehead atoms. The van der Waals surface area contributed by atoms with Crippen LogP contribution in [0.15, 0.2) is 298 Å². The van der Waals surface area contributed by atoms with Gasteiger partial charge in [-0.2, -0.15) is 72.5 Å². The molecule has 9 rings (SSSR count). The Morgan fingerprint density at radius 2 is 0.322 bits per heavy atom. The van der Waals surface area contributed by atoms with Crippen molar-refractivity contribution in [2.45, 2.75) is 236 Å². The fourth-order valence-corrected chi connectivity index (χ4v) is 26.2. The minimum Gasteiger partial charge on any atom is -1.00 e. The van der Waals surface area contributed by atoms with Gasteiger partial charge in [0.25, 0.3) is 0 Å². The van der Waals surface area contributed by atoms with Gasteiger partial charge in [-0.1, -0.05) is 483 Å². The summed E-state index contributed by atoms with van der Waals surface area (Å²) in [7, 11) is -11.8. The summed E-state index contributed by atoms with van der Waals surface area (Å²) in [4.78, 5) is 0. The number of hydrogen-bond donors (Lipinski definition) is 0. The second-order valence-corrected chi connectivity index (χ2v) is 89.2. The molecule has 0 unspecified atom stereocenters. The van der Waals surface area contributed by atoms with Crippen LogP contribution in [0.3, 0.4) is 0 Å². The van der Waals surface area contributed by atoms with Crippen molar-refractivity contribution in [2.24, 2.45) is 0 Å². The Kier molecular flexibility index (Phi) is 206. The SMILES string of the molecule is C=C[Si](C)(C)C[CH2-].C=C[Si](C)(C)C[CH2-].[Br-].[Br-].[Br-].[Br-].[CH2-]C[SiH](C)C.[CH2-]C[SiH](C)C.[CH2-]C[SiH](C)C.[CH2-]C[Si](C)(C)c1ccccc1.[CH2-]C[Si](C)(C)c1ccccc1.[CH2-]C[Si](C)(C)c1ccccc1.[CH2-]C[Si](C)(c1ccccc1)c1ccccc1.[CH2-]C[Si](C)(c1ccccc1)c1ccccc1.[CH2-]C[Si](C)(c1ccccc1)c1ccccc1.[CH2-]C[Si](CC)(CC)CC.[Cl-].[Cl-].[Cl-].[Cl-].[I-].[I-].[I-].[I-].[Mg+2].[Mg+2].[Mg+2].[Mg+2].[Mg+2].[Mg+2].[Mg+2].[Mg+2].[Mg+2].[Mg+2].[Mg+2].[Mg+2]. The maximum absolute atomic E-state index is 4.17. The van der Waals surface area contributed by atoms with Crippen LogP contribution in [-0.2, 0) is 0 Å². The summed E-state index contributed by atoms with van der Waals surface area (Å²) in [6, 6.07) is 114. The van der Waals surface area contributed by atoms with Gasteiger partial charge in [0.1, 0.15) is 0 Å². The van der Waals surface area contributed by atoms with Gasteiger partial charge in [-0.05, 0) is 0 Å². The Balaban J connectivity index is -0.0000000411. The second-order valence-electron chi connectivity index (χ2n) is 36.2. The van der Waals surface area contributed by atoms with Crippen LogP contribution in [0.1, 0.15) is 20.8 Å². The van der Waals surface area contributed by atoms with Crippen LogP contribution < -0.4 is 260 Å². The monoisotopic (exact) mass is 3050 g/mol. The molecule has 0 amide bonds. The predicted molar refractivity (Wildman–Crippen MR) is 662 cm³/mol. The van der Waals surface area contributed by atoms with Crippen molar-refractivity contribution in [1.29, 1.82) is 0 Å². The van der Waals surface area contributed by atoms with Gasteiger partial charge in [-0.25, -0.2) is 0 Å². The molecule has 9 aromatic carbocycles. The Labute approximate surface area is 1230 Å². The molecule has 0 aliphatic heterocycles. The first kappa shape index (κ1) is 223. The van der Waals surface area contributed by atoms with Gasteiger partial charge in [0.05, 0.1) is 48.4 Å². The van der Waals surface area contributed by atoms with E-state index >= 15 is 0 Å². The average molecular weight is 3060 g/mol. The second kappa shape index (κ2) is 132. The predicted octanol–water partition coefficient (Wildman–Crippen LogP) is -13.3. The van der Waals surface area contributed by atoms with Crippen molar-refractivity contribution in [3.63, 3.8) is 0 Å². The fourth-order valence-electron chi connectivity index (χ4n) is 10.8. The maximum Gasteiger partial charge on any atom is 2.00 e. The molecule has 0 N–H and O–H groups in total. The number of benzene rings is 9. The molecule has 0 nitrogen and oxygen atoms in total. The van der Waals surface area contributed by atoms with Crippen molar-refractivity contribution >= 4 is 422 Å². The smallest absolute Gasteiger partial charge is 1.00 e. The molecule has 0 aromatic heterocycles. The first-order valence-electron chi connectivity index (χ1n) is 44.4. The van der Waals surface area contributed by atoms with Crippen LogP contribution in [0.5, 0.6) is 0 Å². The molecule has 0 aliphatic carbocycles. The zero-order chi connectivity index (χ0) is 91.3. The van der Waals surface area contributed by atoms with Crippen LogP contribution >= 0.6 is 0 Å². The van der Waals surface area contributed by atoms with Crippen LogP contribution in [0.25, 0.3) is 0 Å². The molecule has 9 aromatic rings. The molecule has 758 valence electrons. The minimum atomic E-state index is -1.59. The van der Waals surface area contributed by atoms with Gasteiger partial charge in [-0.3, -0.25) is 0 Å². The minimum absolute atomic E-state index is 0. The molecule has 0 radical (unpaired) electrons. The van der Waals surface area contributed by atoms with Crippen molar-refractivity contribution in [3.05, 3.63) is 381 Å². The molecular formula is C107H174Br4Cl4I4Mg12Si12. The standard InChI is InChI=1S/3C15H17Si.3C10H15Si.C8H19Si.2C6H13Si.3C4H11Si.4BrH.4ClH.4HI.12Mg/c3*1-3-16(2,14-10-6-4-7-11-14)15-12-8-5-9-13-15;3*1-4-11(2,3)10-8-6-5-7-9-10;1-5-9(6-2,7-3)8-4;2*1-5-7(3,4)6-2;3*1-4-5(2)3;;;;;;;;;;;;;;;;;;;;;;;;/h3*4-13H,1,3H2,2H3;3*5-9H,1,4H2,2-3H3;1,5-8H2,2-4H3;2*5H,1-2,6H2,3-4H3;3*5H,1,4H2,2-3H3;12*1H;;;;;;;;;;;;/q12*-1;;;;;;;;;;;;;12*+2/p-12. The van der Waals surface area contributed by atoms with Gasteiger partial charge in [-0.15, -0.1) is 24.6 Å². The van der Waals surface area contributed by atoms with Gasteiger partial charge in [0, 0.05) is 50.6 Å². The Morgan fingerprint density at radius 1 is 0.210 bits per heavy atom. The normalized spacial score (nSPS) is 9.35. The number of halogens is 12. The van der Waals surface area contributed by atoms with Crippen molar-refractivity contribution < 1.29 is 213 Å². The van der Waals surface area contributed by atoms with E-state index in [-0.39, 0.29) is 516 Å². The maximum atomic E-state index is 4.17. The van der Waals surface area contributed by atoms with E-state index in [9.17, 15) is 0 Å². The van der Waals surface area contributed by atoms with Crippen LogP contribution in [0.4, 0.5) is 0 Å². The third-order valence-electron chi connectivity index (χ3n) is 23.4. The van der Waals surface area contributed by atoms with Crippen LogP contribution in [0, 0.1) is 83.1 Å². The molecule has 0 saturated heterocycles. The number of hydrogen-bond acceptors (Lipinski definition) is 0. The van der Waals surface area contributed by atoms with Crippen molar-refractivity contribution in [3.8, 4) is 0 Å². The summed E-state index contributed by atoms with van der Waals surface area (Å²) in [5.74, 6) is 0. The van der Waals surface area contributed by atoms with Gasteiger partial charge in [0.2, 0.25) is 0 Å². The third-order valence-corrected chi connectivity index (χ3v) is 59.3. The van der Waals surface area contributed by atoms with Crippen LogP contribution in [0.2, 0.25) is 215 Å². The molecule has 0 heterocycles. The Morgan fingerprint density at radius 3 is 0.378 bits per heavy atom. The fraction of sp³-hybridized carbons (Fsp3) is 0.346.